The fraction of sp³-hybridized carbons (Fsp3) is 0.118. The molecule has 1 atom stereocenters. The zero-order chi connectivity index (χ0) is 22.2. The van der Waals surface area contributed by atoms with Gasteiger partial charge in [-0.1, -0.05) is 23.2 Å². The van der Waals surface area contributed by atoms with E-state index in [2.05, 4.69) is 10.5 Å². The number of hydrogen-bond donors (Lipinski definition) is 1. The number of halogens is 2. The van der Waals surface area contributed by atoms with Gasteiger partial charge in [-0.3, -0.25) is 0 Å². The standard InChI is InChI=1S/C17H14Cl2N2O6S3/c18-12-1-5-14(6-2-12)28(22,23)9-10-29(24,25)17-16(11-20-21-17)30(26,27)15-7-3-13(19)4-8-15/h1-10,16,20H,11H2/b10-9+. The van der Waals surface area contributed by atoms with E-state index in [1.807, 2.05) is 0 Å². The Hall–Kier alpha value is -1.92. The molecule has 1 aliphatic heterocycles. The van der Waals surface area contributed by atoms with Crippen LogP contribution in [-0.2, 0) is 29.5 Å². The normalized spacial score (nSPS) is 17.7. The highest BCUT2D eigenvalue weighted by Crippen LogP contribution is 2.24. The van der Waals surface area contributed by atoms with E-state index < -0.39 is 39.8 Å². The maximum Gasteiger partial charge on any atom is 0.217 e. The molecule has 1 aliphatic rings. The quantitative estimate of drug-likeness (QED) is 0.656. The lowest BCUT2D eigenvalue weighted by molar-refractivity contribution is 0.588. The van der Waals surface area contributed by atoms with Crippen LogP contribution < -0.4 is 5.43 Å². The van der Waals surface area contributed by atoms with Crippen molar-refractivity contribution in [2.75, 3.05) is 6.54 Å². The highest BCUT2D eigenvalue weighted by Gasteiger charge is 2.41. The van der Waals surface area contributed by atoms with Gasteiger partial charge in [0.05, 0.1) is 16.3 Å². The number of hydrogen-bond acceptors (Lipinski definition) is 8. The molecule has 0 saturated heterocycles. The second kappa shape index (κ2) is 8.31. The average Bonchev–Trinajstić information content (AvgIpc) is 3.19. The summed E-state index contributed by atoms with van der Waals surface area (Å²) in [6.45, 7) is -0.280. The Kier molecular flexibility index (Phi) is 6.30. The summed E-state index contributed by atoms with van der Waals surface area (Å²) >= 11 is 11.5. The van der Waals surface area contributed by atoms with Crippen LogP contribution in [0.15, 0.2) is 74.2 Å². The largest absolute Gasteiger partial charge is 0.307 e. The van der Waals surface area contributed by atoms with Crippen molar-refractivity contribution in [2.24, 2.45) is 5.10 Å². The first-order valence-corrected chi connectivity index (χ1v) is 13.6. The topological polar surface area (TPSA) is 127 Å². The zero-order valence-electron chi connectivity index (χ0n) is 14.9. The summed E-state index contributed by atoms with van der Waals surface area (Å²) in [5.74, 6) is 0. The maximum absolute atomic E-state index is 12.9. The van der Waals surface area contributed by atoms with Crippen LogP contribution >= 0.6 is 23.2 Å². The summed E-state index contributed by atoms with van der Waals surface area (Å²) in [5.41, 5.74) is 2.36. The molecule has 3 rings (SSSR count). The zero-order valence-corrected chi connectivity index (χ0v) is 18.9. The number of sulfone groups is 3. The average molecular weight is 509 g/mol. The van der Waals surface area contributed by atoms with Gasteiger partial charge in [0.15, 0.2) is 14.9 Å². The molecule has 0 bridgehead atoms. The third-order valence-corrected chi connectivity index (χ3v) is 9.88. The van der Waals surface area contributed by atoms with Crippen molar-refractivity contribution in [1.29, 1.82) is 0 Å². The fourth-order valence-electron chi connectivity index (χ4n) is 2.56. The van der Waals surface area contributed by atoms with Crippen LogP contribution in [0, 0.1) is 0 Å². The summed E-state index contributed by atoms with van der Waals surface area (Å²) in [6.07, 6.45) is 0. The Morgan fingerprint density at radius 3 is 1.77 bits per heavy atom. The number of hydrazone groups is 1. The first-order valence-electron chi connectivity index (χ1n) is 8.17. The molecule has 0 amide bonds. The SMILES string of the molecule is O=S(=O)(/C=C/S(=O)(=O)c1ccc(Cl)cc1)C1=NNCC1S(=O)(=O)c1ccc(Cl)cc1. The molecule has 0 radical (unpaired) electrons. The Morgan fingerprint density at radius 2 is 1.23 bits per heavy atom. The molecule has 1 unspecified atom stereocenters. The van der Waals surface area contributed by atoms with E-state index in [4.69, 9.17) is 23.2 Å². The van der Waals surface area contributed by atoms with E-state index in [0.29, 0.717) is 20.9 Å². The molecular formula is C17H14Cl2N2O6S3. The Labute approximate surface area is 184 Å². The van der Waals surface area contributed by atoms with E-state index in [1.165, 1.54) is 48.5 Å². The van der Waals surface area contributed by atoms with Crippen molar-refractivity contribution in [2.45, 2.75) is 15.0 Å². The molecule has 30 heavy (non-hydrogen) atoms. The van der Waals surface area contributed by atoms with Crippen molar-refractivity contribution in [3.8, 4) is 0 Å². The van der Waals surface area contributed by atoms with Gasteiger partial charge in [0.2, 0.25) is 19.7 Å². The van der Waals surface area contributed by atoms with Crippen molar-refractivity contribution in [3.63, 3.8) is 0 Å². The van der Waals surface area contributed by atoms with E-state index in [-0.39, 0.29) is 16.3 Å². The molecule has 0 aliphatic carbocycles. The van der Waals surface area contributed by atoms with Crippen LogP contribution in [0.5, 0.6) is 0 Å². The van der Waals surface area contributed by atoms with Gasteiger partial charge in [0, 0.05) is 20.9 Å². The summed E-state index contributed by atoms with van der Waals surface area (Å²) < 4.78 is 75.8. The third-order valence-electron chi connectivity index (χ3n) is 4.11. The van der Waals surface area contributed by atoms with E-state index in [1.54, 1.807) is 0 Å². The van der Waals surface area contributed by atoms with Crippen LogP contribution in [0.1, 0.15) is 0 Å². The van der Waals surface area contributed by atoms with Crippen LogP contribution in [0.25, 0.3) is 0 Å². The minimum atomic E-state index is -4.46. The van der Waals surface area contributed by atoms with Crippen LogP contribution in [0.4, 0.5) is 0 Å². The minimum Gasteiger partial charge on any atom is -0.307 e. The molecule has 0 saturated carbocycles. The number of nitrogens with one attached hydrogen (secondary N) is 1. The fourth-order valence-corrected chi connectivity index (χ4v) is 7.68. The Bertz CT molecular complexity index is 1330. The predicted molar refractivity (Wildman–Crippen MR) is 115 cm³/mol. The molecule has 1 N–H and O–H groups in total. The van der Waals surface area contributed by atoms with Gasteiger partial charge in [-0.2, -0.15) is 5.10 Å². The van der Waals surface area contributed by atoms with Gasteiger partial charge >= 0.3 is 0 Å². The van der Waals surface area contributed by atoms with Crippen LogP contribution in [0.3, 0.4) is 0 Å². The molecule has 8 nitrogen and oxygen atoms in total. The summed E-state index contributed by atoms with van der Waals surface area (Å²) in [6, 6.07) is 10.4. The van der Waals surface area contributed by atoms with Crippen molar-refractivity contribution < 1.29 is 25.3 Å². The Morgan fingerprint density at radius 1 is 0.767 bits per heavy atom. The summed E-state index contributed by atoms with van der Waals surface area (Å²) in [4.78, 5) is -0.309. The smallest absolute Gasteiger partial charge is 0.217 e. The van der Waals surface area contributed by atoms with Gasteiger partial charge in [-0.15, -0.1) is 0 Å². The van der Waals surface area contributed by atoms with Crippen LogP contribution in [0.2, 0.25) is 10.0 Å². The lowest BCUT2D eigenvalue weighted by Gasteiger charge is -2.12. The lowest BCUT2D eigenvalue weighted by atomic mass is 10.4. The first-order chi connectivity index (χ1) is 13.9. The third kappa shape index (κ3) is 4.70. The van der Waals surface area contributed by atoms with Crippen molar-refractivity contribution >= 4 is 57.8 Å². The number of benzene rings is 2. The highest BCUT2D eigenvalue weighted by atomic mass is 35.5. The molecule has 0 spiro atoms. The molecular weight excluding hydrogens is 495 g/mol. The van der Waals surface area contributed by atoms with Gasteiger partial charge in [0.25, 0.3) is 0 Å². The van der Waals surface area contributed by atoms with Crippen LogP contribution in [-0.4, -0.2) is 42.1 Å². The summed E-state index contributed by atoms with van der Waals surface area (Å²) in [7, 11) is -12.7. The van der Waals surface area contributed by atoms with E-state index >= 15 is 0 Å². The minimum absolute atomic E-state index is 0.138. The molecule has 1 heterocycles. The Balaban J connectivity index is 1.92. The van der Waals surface area contributed by atoms with Gasteiger partial charge < -0.3 is 5.43 Å². The highest BCUT2D eigenvalue weighted by molar-refractivity contribution is 8.11. The molecule has 160 valence electrons. The van der Waals surface area contributed by atoms with E-state index in [0.717, 1.165) is 0 Å². The van der Waals surface area contributed by atoms with Crippen molar-refractivity contribution in [3.05, 3.63) is 69.4 Å². The molecule has 2 aromatic carbocycles. The predicted octanol–water partition coefficient (Wildman–Crippen LogP) is 2.41. The summed E-state index contributed by atoms with van der Waals surface area (Å²) in [5, 5.41) is 2.91. The molecule has 13 heteroatoms. The van der Waals surface area contributed by atoms with E-state index in [9.17, 15) is 25.3 Å². The molecule has 2 aromatic rings. The first kappa shape index (κ1) is 22.8. The maximum atomic E-state index is 12.9. The lowest BCUT2D eigenvalue weighted by Crippen LogP contribution is -2.35. The molecule has 0 aromatic heterocycles. The van der Waals surface area contributed by atoms with Crippen molar-refractivity contribution in [1.82, 2.24) is 5.43 Å². The monoisotopic (exact) mass is 508 g/mol. The van der Waals surface area contributed by atoms with Gasteiger partial charge in [0.1, 0.15) is 5.25 Å². The molecule has 0 fully saturated rings. The number of nitrogens with zero attached hydrogens (tertiary/aromatic N) is 1. The van der Waals surface area contributed by atoms with Gasteiger partial charge in [-0.05, 0) is 48.5 Å². The second-order valence-corrected chi connectivity index (χ2v) is 12.7. The van der Waals surface area contributed by atoms with Gasteiger partial charge in [-0.25, -0.2) is 25.3 Å². The number of rotatable bonds is 5. The second-order valence-electron chi connectivity index (χ2n) is 6.12.